The lowest BCUT2D eigenvalue weighted by Gasteiger charge is -2.24. The first-order chi connectivity index (χ1) is 8.87. The van der Waals surface area contributed by atoms with Gasteiger partial charge in [0.15, 0.2) is 0 Å². The molecule has 4 nitrogen and oxygen atoms in total. The van der Waals surface area contributed by atoms with Crippen LogP contribution in [0.4, 0.5) is 4.39 Å². The maximum absolute atomic E-state index is 13.3. The third-order valence-electron chi connectivity index (χ3n) is 3.53. The van der Waals surface area contributed by atoms with Gasteiger partial charge in [-0.1, -0.05) is 0 Å². The molecule has 0 bridgehead atoms. The van der Waals surface area contributed by atoms with Crippen molar-refractivity contribution >= 4 is 10.0 Å². The van der Waals surface area contributed by atoms with Gasteiger partial charge in [-0.3, -0.25) is 0 Å². The van der Waals surface area contributed by atoms with Crippen LogP contribution in [-0.2, 0) is 10.0 Å². The fourth-order valence-corrected chi connectivity index (χ4v) is 4.83. The van der Waals surface area contributed by atoms with Crippen molar-refractivity contribution < 1.29 is 17.9 Å². The molecular weight excluding hydrogens is 269 g/mol. The van der Waals surface area contributed by atoms with E-state index >= 15 is 0 Å². The number of nitrogens with zero attached hydrogens (tertiary/aromatic N) is 1. The Bertz CT molecular complexity index is 563. The van der Waals surface area contributed by atoms with Crippen molar-refractivity contribution in [3.63, 3.8) is 0 Å². The van der Waals surface area contributed by atoms with Crippen molar-refractivity contribution in [2.24, 2.45) is 0 Å². The zero-order valence-corrected chi connectivity index (χ0v) is 11.9. The van der Waals surface area contributed by atoms with Gasteiger partial charge in [-0.2, -0.15) is 4.31 Å². The standard InChI is InChI=1S/C13H18FNO3S/c1-9-6-11(14)7-10(2)13(9)19(17,18)15-5-3-4-12(15)8-16/h6-7,12,16H,3-5,8H2,1-2H3. The summed E-state index contributed by atoms with van der Waals surface area (Å²) in [7, 11) is -3.67. The molecular formula is C13H18FNO3S. The monoisotopic (exact) mass is 287 g/mol. The maximum Gasteiger partial charge on any atom is 0.243 e. The van der Waals surface area contributed by atoms with E-state index in [1.165, 1.54) is 16.4 Å². The van der Waals surface area contributed by atoms with Crippen LogP contribution in [0.3, 0.4) is 0 Å². The molecule has 1 aliphatic heterocycles. The Morgan fingerprint density at radius 1 is 1.37 bits per heavy atom. The Hall–Kier alpha value is -0.980. The van der Waals surface area contributed by atoms with E-state index in [0.717, 1.165) is 6.42 Å². The molecule has 1 aromatic carbocycles. The van der Waals surface area contributed by atoms with E-state index in [-0.39, 0.29) is 17.5 Å². The van der Waals surface area contributed by atoms with Gasteiger partial charge in [-0.05, 0) is 49.9 Å². The Morgan fingerprint density at radius 3 is 2.47 bits per heavy atom. The fraction of sp³-hybridized carbons (Fsp3) is 0.538. The molecule has 1 saturated heterocycles. The van der Waals surface area contributed by atoms with E-state index in [0.29, 0.717) is 24.1 Å². The number of benzene rings is 1. The first kappa shape index (κ1) is 14.4. The SMILES string of the molecule is Cc1cc(F)cc(C)c1S(=O)(=O)N1CCCC1CO. The van der Waals surface area contributed by atoms with Gasteiger partial charge in [0.05, 0.1) is 11.5 Å². The Morgan fingerprint density at radius 2 is 1.95 bits per heavy atom. The van der Waals surface area contributed by atoms with Gasteiger partial charge in [-0.15, -0.1) is 0 Å². The van der Waals surface area contributed by atoms with Crippen LogP contribution in [-0.4, -0.2) is 37.0 Å². The first-order valence-electron chi connectivity index (χ1n) is 6.27. The zero-order valence-electron chi connectivity index (χ0n) is 11.1. The van der Waals surface area contributed by atoms with E-state index in [1.807, 2.05) is 0 Å². The van der Waals surface area contributed by atoms with Gasteiger partial charge in [0, 0.05) is 12.6 Å². The van der Waals surface area contributed by atoms with Crippen LogP contribution in [0.2, 0.25) is 0 Å². The topological polar surface area (TPSA) is 57.6 Å². The highest BCUT2D eigenvalue weighted by Gasteiger charge is 2.36. The van der Waals surface area contributed by atoms with Crippen molar-refractivity contribution in [3.05, 3.63) is 29.1 Å². The number of aliphatic hydroxyl groups excluding tert-OH is 1. The Balaban J connectivity index is 2.51. The summed E-state index contributed by atoms with van der Waals surface area (Å²) in [5, 5.41) is 9.26. The normalized spacial score (nSPS) is 20.9. The highest BCUT2D eigenvalue weighted by Crippen LogP contribution is 2.30. The van der Waals surface area contributed by atoms with Crippen LogP contribution >= 0.6 is 0 Å². The fourth-order valence-electron chi connectivity index (χ4n) is 2.73. The molecule has 1 aromatic rings. The van der Waals surface area contributed by atoms with Gasteiger partial charge >= 0.3 is 0 Å². The van der Waals surface area contributed by atoms with Crippen LogP contribution < -0.4 is 0 Å². The van der Waals surface area contributed by atoms with Gasteiger partial charge in [0.1, 0.15) is 5.82 Å². The molecule has 0 amide bonds. The van der Waals surface area contributed by atoms with Gasteiger partial charge < -0.3 is 5.11 Å². The lowest BCUT2D eigenvalue weighted by molar-refractivity contribution is 0.213. The maximum atomic E-state index is 13.3. The molecule has 1 N–H and O–H groups in total. The smallest absolute Gasteiger partial charge is 0.243 e. The molecule has 2 rings (SSSR count). The van der Waals surface area contributed by atoms with E-state index < -0.39 is 15.8 Å². The Kier molecular flexibility index (Phi) is 3.94. The minimum Gasteiger partial charge on any atom is -0.395 e. The molecule has 1 unspecified atom stereocenters. The lowest BCUT2D eigenvalue weighted by Crippen LogP contribution is -2.38. The van der Waals surface area contributed by atoms with Crippen LogP contribution in [0.5, 0.6) is 0 Å². The van der Waals surface area contributed by atoms with Crippen molar-refractivity contribution in [2.75, 3.05) is 13.2 Å². The lowest BCUT2D eigenvalue weighted by atomic mass is 10.1. The van der Waals surface area contributed by atoms with Crippen LogP contribution in [0.25, 0.3) is 0 Å². The summed E-state index contributed by atoms with van der Waals surface area (Å²) in [5.41, 5.74) is 0.808. The van der Waals surface area contributed by atoms with Gasteiger partial charge in [0.2, 0.25) is 10.0 Å². The number of rotatable bonds is 3. The first-order valence-corrected chi connectivity index (χ1v) is 7.71. The molecule has 0 aromatic heterocycles. The minimum absolute atomic E-state index is 0.161. The molecule has 1 fully saturated rings. The van der Waals surface area contributed by atoms with Crippen molar-refractivity contribution in [1.29, 1.82) is 0 Å². The molecule has 106 valence electrons. The van der Waals surface area contributed by atoms with E-state index in [1.54, 1.807) is 13.8 Å². The van der Waals surface area contributed by atoms with Gasteiger partial charge in [-0.25, -0.2) is 12.8 Å². The predicted octanol–water partition coefficient (Wildman–Crippen LogP) is 1.59. The van der Waals surface area contributed by atoms with Crippen LogP contribution in [0, 0.1) is 19.7 Å². The summed E-state index contributed by atoms with van der Waals surface area (Å²) in [6.07, 6.45) is 1.40. The van der Waals surface area contributed by atoms with E-state index in [9.17, 15) is 17.9 Å². The number of aryl methyl sites for hydroxylation is 2. The summed E-state index contributed by atoms with van der Waals surface area (Å²) >= 11 is 0. The average molecular weight is 287 g/mol. The summed E-state index contributed by atoms with van der Waals surface area (Å²) in [4.78, 5) is 0.161. The molecule has 1 aliphatic rings. The van der Waals surface area contributed by atoms with Crippen molar-refractivity contribution in [1.82, 2.24) is 4.31 Å². The predicted molar refractivity (Wildman–Crippen MR) is 69.9 cm³/mol. The van der Waals surface area contributed by atoms with Crippen LogP contribution in [0.15, 0.2) is 17.0 Å². The van der Waals surface area contributed by atoms with Crippen molar-refractivity contribution in [2.45, 2.75) is 37.6 Å². The molecule has 0 saturated carbocycles. The third kappa shape index (κ3) is 2.52. The highest BCUT2D eigenvalue weighted by atomic mass is 32.2. The number of sulfonamides is 1. The molecule has 0 aliphatic carbocycles. The van der Waals surface area contributed by atoms with E-state index in [4.69, 9.17) is 0 Å². The minimum atomic E-state index is -3.67. The Labute approximate surface area is 112 Å². The second kappa shape index (κ2) is 5.19. The zero-order chi connectivity index (χ0) is 14.2. The number of hydrogen-bond acceptors (Lipinski definition) is 3. The number of halogens is 1. The van der Waals surface area contributed by atoms with Crippen LogP contribution in [0.1, 0.15) is 24.0 Å². The molecule has 19 heavy (non-hydrogen) atoms. The van der Waals surface area contributed by atoms with Gasteiger partial charge in [0.25, 0.3) is 0 Å². The van der Waals surface area contributed by atoms with E-state index in [2.05, 4.69) is 0 Å². The number of aliphatic hydroxyl groups is 1. The number of hydrogen-bond donors (Lipinski definition) is 1. The third-order valence-corrected chi connectivity index (χ3v) is 5.78. The summed E-state index contributed by atoms with van der Waals surface area (Å²) in [5.74, 6) is -0.436. The molecule has 0 radical (unpaired) electrons. The summed E-state index contributed by atoms with van der Waals surface area (Å²) in [6.45, 7) is 3.41. The average Bonchev–Trinajstić information content (AvgIpc) is 2.75. The molecule has 0 spiro atoms. The second-order valence-electron chi connectivity index (χ2n) is 4.96. The molecule has 1 atom stereocenters. The summed E-state index contributed by atoms with van der Waals surface area (Å²) < 4.78 is 39.9. The molecule has 1 heterocycles. The quantitative estimate of drug-likeness (QED) is 0.918. The highest BCUT2D eigenvalue weighted by molar-refractivity contribution is 7.89. The second-order valence-corrected chi connectivity index (χ2v) is 6.79. The van der Waals surface area contributed by atoms with Crippen molar-refractivity contribution in [3.8, 4) is 0 Å². The largest absolute Gasteiger partial charge is 0.395 e. The summed E-state index contributed by atoms with van der Waals surface area (Å²) in [6, 6.07) is 2.09. The molecule has 6 heteroatoms.